The number of halogens is 2. The molecule has 10 heteroatoms. The number of amides is 2. The van der Waals surface area contributed by atoms with Crippen molar-refractivity contribution in [3.05, 3.63) is 50.6 Å². The van der Waals surface area contributed by atoms with Crippen molar-refractivity contribution < 1.29 is 9.59 Å². The van der Waals surface area contributed by atoms with Gasteiger partial charge < -0.3 is 20.9 Å². The molecule has 3 heterocycles. The highest BCUT2D eigenvalue weighted by molar-refractivity contribution is 7.13. The van der Waals surface area contributed by atoms with Crippen LogP contribution in [-0.2, 0) is 13.0 Å². The molecule has 4 N–H and O–H groups in total. The Bertz CT molecular complexity index is 1120. The van der Waals surface area contributed by atoms with E-state index in [2.05, 4.69) is 25.9 Å². The molecule has 2 atom stereocenters. The number of carbonyl (C=O) groups is 2. The summed E-state index contributed by atoms with van der Waals surface area (Å²) >= 11 is 7.51. The largest absolute Gasteiger partial charge is 0.351 e. The van der Waals surface area contributed by atoms with Gasteiger partial charge in [0.25, 0.3) is 11.8 Å². The van der Waals surface area contributed by atoms with E-state index >= 15 is 0 Å². The van der Waals surface area contributed by atoms with Crippen molar-refractivity contribution in [1.29, 1.82) is 0 Å². The molecule has 0 spiro atoms. The molecule has 2 aliphatic rings. The van der Waals surface area contributed by atoms with Gasteiger partial charge in [0.1, 0.15) is 5.69 Å². The lowest BCUT2D eigenvalue weighted by Gasteiger charge is -2.32. The van der Waals surface area contributed by atoms with E-state index in [1.807, 2.05) is 12.1 Å². The lowest BCUT2D eigenvalue weighted by molar-refractivity contribution is 0.0860. The van der Waals surface area contributed by atoms with Gasteiger partial charge in [0.2, 0.25) is 0 Å². The van der Waals surface area contributed by atoms with Gasteiger partial charge in [-0.2, -0.15) is 0 Å². The zero-order chi connectivity index (χ0) is 21.4. The third-order valence-corrected chi connectivity index (χ3v) is 7.35. The molecule has 1 aromatic carbocycles. The van der Waals surface area contributed by atoms with Crippen LogP contribution in [0.5, 0.6) is 0 Å². The Morgan fingerprint density at radius 1 is 1.09 bits per heavy atom. The van der Waals surface area contributed by atoms with Crippen LogP contribution >= 0.6 is 35.3 Å². The third-order valence-electron chi connectivity index (χ3n) is 6.02. The highest BCUT2D eigenvalue weighted by Gasteiger charge is 2.30. The first-order chi connectivity index (χ1) is 15.1. The van der Waals surface area contributed by atoms with Crippen LogP contribution < -0.4 is 16.0 Å². The molecule has 2 amide bonds. The average molecular weight is 494 g/mol. The molecule has 5 rings (SSSR count). The van der Waals surface area contributed by atoms with Crippen molar-refractivity contribution in [3.63, 3.8) is 0 Å². The summed E-state index contributed by atoms with van der Waals surface area (Å²) in [5, 5.41) is 11.6. The van der Waals surface area contributed by atoms with Crippen LogP contribution in [-0.4, -0.2) is 40.4 Å². The molecule has 32 heavy (non-hydrogen) atoms. The predicted octanol–water partition coefficient (Wildman–Crippen LogP) is 3.82. The van der Waals surface area contributed by atoms with Gasteiger partial charge in [-0.3, -0.25) is 9.59 Å². The zero-order valence-electron chi connectivity index (χ0n) is 17.4. The molecule has 2 aromatic heterocycles. The van der Waals surface area contributed by atoms with Gasteiger partial charge in [0.05, 0.1) is 5.69 Å². The number of aromatic amines is 1. The monoisotopic (exact) mass is 493 g/mol. The lowest BCUT2D eigenvalue weighted by Crippen LogP contribution is -2.53. The van der Waals surface area contributed by atoms with Gasteiger partial charge in [-0.1, -0.05) is 24.4 Å². The van der Waals surface area contributed by atoms with E-state index in [9.17, 15) is 9.59 Å². The normalized spacial score (nSPS) is 20.3. The topological polar surface area (TPSA) is 98.9 Å². The number of rotatable bonds is 4. The van der Waals surface area contributed by atoms with Gasteiger partial charge in [-0.05, 0) is 37.1 Å². The minimum Gasteiger partial charge on any atom is -0.351 e. The molecule has 1 fully saturated rings. The Hall–Kier alpha value is -2.13. The number of benzene rings is 1. The molecule has 0 radical (unpaired) electrons. The Balaban J connectivity index is 0.00000245. The van der Waals surface area contributed by atoms with E-state index in [1.54, 1.807) is 12.1 Å². The van der Waals surface area contributed by atoms with Gasteiger partial charge in [0, 0.05) is 52.4 Å². The van der Waals surface area contributed by atoms with Gasteiger partial charge in [-0.15, -0.1) is 23.7 Å². The standard InChI is InChI=1S/C22H24ClN5O2S.ClH/c23-13-5-6-14-12(9-13)10-18(25-14)20(29)26-15-3-1-2-4-16(15)27-21(30)22-28-17-7-8-24-11-19(17)31-22;/h5-6,9-10,15-16,24-25H,1-4,7-8,11H2,(H,26,29)(H,27,30);1H. The summed E-state index contributed by atoms with van der Waals surface area (Å²) < 4.78 is 0. The second-order valence-electron chi connectivity index (χ2n) is 8.17. The fraction of sp³-hybridized carbons (Fsp3) is 0.409. The summed E-state index contributed by atoms with van der Waals surface area (Å²) in [5.41, 5.74) is 2.39. The maximum absolute atomic E-state index is 12.9. The minimum absolute atomic E-state index is 0. The van der Waals surface area contributed by atoms with Gasteiger partial charge in [0.15, 0.2) is 5.01 Å². The molecule has 0 saturated heterocycles. The second-order valence-corrected chi connectivity index (χ2v) is 9.69. The first-order valence-corrected chi connectivity index (χ1v) is 11.9. The molecule has 170 valence electrons. The second kappa shape index (κ2) is 9.79. The Morgan fingerprint density at radius 3 is 2.59 bits per heavy atom. The Morgan fingerprint density at radius 2 is 1.84 bits per heavy atom. The van der Waals surface area contributed by atoms with Crippen molar-refractivity contribution in [2.24, 2.45) is 0 Å². The van der Waals surface area contributed by atoms with E-state index in [0.29, 0.717) is 15.7 Å². The van der Waals surface area contributed by atoms with Crippen LogP contribution in [0, 0.1) is 0 Å². The quantitative estimate of drug-likeness (QED) is 0.443. The molecule has 7 nitrogen and oxygen atoms in total. The van der Waals surface area contributed by atoms with Crippen molar-refractivity contribution in [3.8, 4) is 0 Å². The minimum atomic E-state index is -0.172. The third kappa shape index (κ3) is 4.78. The zero-order valence-corrected chi connectivity index (χ0v) is 19.8. The van der Waals surface area contributed by atoms with Crippen LogP contribution in [0.2, 0.25) is 5.02 Å². The smallest absolute Gasteiger partial charge is 0.280 e. The fourth-order valence-corrected chi connectivity index (χ4v) is 5.56. The SMILES string of the molecule is Cl.O=C(NC1CCCCC1NC(=O)c1nc2c(s1)CNCC2)c1cc2cc(Cl)ccc2[nH]1. The first-order valence-electron chi connectivity index (χ1n) is 10.7. The van der Waals surface area contributed by atoms with Gasteiger partial charge in [-0.25, -0.2) is 4.98 Å². The van der Waals surface area contributed by atoms with Crippen molar-refractivity contribution in [1.82, 2.24) is 25.9 Å². The fourth-order valence-electron chi connectivity index (χ4n) is 4.40. The molecular weight excluding hydrogens is 469 g/mol. The number of thiazole rings is 1. The highest BCUT2D eigenvalue weighted by atomic mass is 35.5. The Kier molecular flexibility index (Phi) is 7.05. The first kappa shape index (κ1) is 23.0. The van der Waals surface area contributed by atoms with E-state index in [0.717, 1.165) is 66.7 Å². The van der Waals surface area contributed by atoms with Crippen LogP contribution in [0.1, 0.15) is 56.5 Å². The van der Waals surface area contributed by atoms with Crippen LogP contribution in [0.25, 0.3) is 10.9 Å². The number of hydrogen-bond acceptors (Lipinski definition) is 5. The lowest BCUT2D eigenvalue weighted by atomic mass is 9.90. The average Bonchev–Trinajstić information content (AvgIpc) is 3.39. The maximum atomic E-state index is 12.9. The summed E-state index contributed by atoms with van der Waals surface area (Å²) in [6, 6.07) is 7.07. The van der Waals surface area contributed by atoms with E-state index in [4.69, 9.17) is 11.6 Å². The molecular formula is C22H25Cl2N5O2S. The summed E-state index contributed by atoms with van der Waals surface area (Å²) in [4.78, 5) is 34.6. The summed E-state index contributed by atoms with van der Waals surface area (Å²) in [7, 11) is 0. The molecule has 1 saturated carbocycles. The van der Waals surface area contributed by atoms with Crippen LogP contribution in [0.3, 0.4) is 0 Å². The molecule has 2 unspecified atom stereocenters. The predicted molar refractivity (Wildman–Crippen MR) is 129 cm³/mol. The van der Waals surface area contributed by atoms with Crippen LogP contribution in [0.15, 0.2) is 24.3 Å². The summed E-state index contributed by atoms with van der Waals surface area (Å²) in [6.07, 6.45) is 4.58. The Labute approximate surface area is 201 Å². The van der Waals surface area contributed by atoms with Crippen molar-refractivity contribution in [2.75, 3.05) is 6.54 Å². The number of nitrogens with one attached hydrogen (secondary N) is 4. The number of fused-ring (bicyclic) bond motifs is 2. The summed E-state index contributed by atoms with van der Waals surface area (Å²) in [5.74, 6) is -0.319. The number of H-pyrrole nitrogens is 1. The number of carbonyl (C=O) groups excluding carboxylic acids is 2. The van der Waals surface area contributed by atoms with E-state index in [1.165, 1.54) is 11.3 Å². The van der Waals surface area contributed by atoms with E-state index in [-0.39, 0.29) is 36.3 Å². The number of aromatic nitrogens is 2. The molecule has 0 bridgehead atoms. The maximum Gasteiger partial charge on any atom is 0.280 e. The van der Waals surface area contributed by atoms with Gasteiger partial charge >= 0.3 is 0 Å². The molecule has 1 aliphatic carbocycles. The number of nitrogens with zero attached hydrogens (tertiary/aromatic N) is 1. The number of hydrogen-bond donors (Lipinski definition) is 4. The van der Waals surface area contributed by atoms with Crippen molar-refractivity contribution in [2.45, 2.75) is 50.7 Å². The molecule has 1 aliphatic heterocycles. The van der Waals surface area contributed by atoms with E-state index < -0.39 is 0 Å². The highest BCUT2D eigenvalue weighted by Crippen LogP contribution is 2.24. The van der Waals surface area contributed by atoms with Crippen molar-refractivity contribution >= 4 is 58.1 Å². The molecule has 3 aromatic rings. The van der Waals surface area contributed by atoms with Crippen LogP contribution in [0.4, 0.5) is 0 Å². The summed E-state index contributed by atoms with van der Waals surface area (Å²) in [6.45, 7) is 1.67.